The van der Waals surface area contributed by atoms with E-state index in [0.717, 1.165) is 0 Å². The van der Waals surface area contributed by atoms with Crippen molar-refractivity contribution in [2.75, 3.05) is 6.61 Å². The number of halogens is 5. The van der Waals surface area contributed by atoms with E-state index < -0.39 is 16.9 Å². The van der Waals surface area contributed by atoms with Gasteiger partial charge in [-0.1, -0.05) is 29.3 Å². The Hall–Kier alpha value is -1.68. The molecule has 2 aromatic rings. The lowest BCUT2D eigenvalue weighted by Crippen LogP contribution is -2.06. The highest BCUT2D eigenvalue weighted by Gasteiger charge is 2.38. The van der Waals surface area contributed by atoms with Gasteiger partial charge in [-0.2, -0.15) is 18.4 Å². The number of hydrogen-bond acceptors (Lipinski definition) is 2. The summed E-state index contributed by atoms with van der Waals surface area (Å²) in [4.78, 5) is 2.22. The molecule has 23 heavy (non-hydrogen) atoms. The summed E-state index contributed by atoms with van der Waals surface area (Å²) in [5, 5.41) is 8.95. The minimum atomic E-state index is -4.69. The van der Waals surface area contributed by atoms with Crippen LogP contribution in [0.4, 0.5) is 13.2 Å². The largest absolute Gasteiger partial charge is 0.432 e. The van der Waals surface area contributed by atoms with Gasteiger partial charge in [0.1, 0.15) is 11.8 Å². The van der Waals surface area contributed by atoms with E-state index in [1.165, 1.54) is 12.1 Å². The summed E-state index contributed by atoms with van der Waals surface area (Å²) in [5.74, 6) is 0. The lowest BCUT2D eigenvalue weighted by atomic mass is 10.0. The summed E-state index contributed by atoms with van der Waals surface area (Å²) in [7, 11) is 0. The summed E-state index contributed by atoms with van der Waals surface area (Å²) in [5.41, 5.74) is -0.474. The Bertz CT molecular complexity index is 763. The summed E-state index contributed by atoms with van der Waals surface area (Å²) < 4.78 is 44.3. The molecule has 1 aromatic carbocycles. The highest BCUT2D eigenvalue weighted by molar-refractivity contribution is 6.33. The summed E-state index contributed by atoms with van der Waals surface area (Å²) in [6.07, 6.45) is -4.69. The summed E-state index contributed by atoms with van der Waals surface area (Å²) in [6.45, 7) is 2.36. The molecule has 0 amide bonds. The van der Waals surface area contributed by atoms with Crippen LogP contribution in [0.25, 0.3) is 11.3 Å². The number of nitrogens with one attached hydrogen (secondary N) is 1. The van der Waals surface area contributed by atoms with Crippen LogP contribution in [0.15, 0.2) is 18.2 Å². The average molecular weight is 363 g/mol. The van der Waals surface area contributed by atoms with E-state index >= 15 is 0 Å². The molecule has 1 aromatic heterocycles. The van der Waals surface area contributed by atoms with Crippen molar-refractivity contribution in [3.63, 3.8) is 0 Å². The molecular weight excluding hydrogens is 352 g/mol. The molecule has 0 saturated heterocycles. The third kappa shape index (κ3) is 3.63. The maximum absolute atomic E-state index is 13.0. The van der Waals surface area contributed by atoms with E-state index in [2.05, 4.69) is 4.98 Å². The van der Waals surface area contributed by atoms with Gasteiger partial charge in [0.25, 0.3) is 0 Å². The SMILES string of the molecule is CCOCc1cc(Cl)ccc1-c1[nH]c(C(F)(F)F)c(Cl)c1C#N. The molecule has 0 bridgehead atoms. The van der Waals surface area contributed by atoms with Crippen LogP contribution in [0.3, 0.4) is 0 Å². The minimum absolute atomic E-state index is 0.00352. The number of ether oxygens (including phenoxy) is 1. The van der Waals surface area contributed by atoms with E-state index in [9.17, 15) is 18.4 Å². The normalized spacial score (nSPS) is 11.5. The molecule has 8 heteroatoms. The van der Waals surface area contributed by atoms with Gasteiger partial charge in [-0.25, -0.2) is 0 Å². The number of nitriles is 1. The zero-order chi connectivity index (χ0) is 17.2. The van der Waals surface area contributed by atoms with Crippen molar-refractivity contribution >= 4 is 23.2 Å². The fourth-order valence-electron chi connectivity index (χ4n) is 2.12. The predicted octanol–water partition coefficient (Wildman–Crippen LogP) is 5.42. The molecular formula is C15H11Cl2F3N2O. The zero-order valence-corrected chi connectivity index (χ0v) is 13.4. The Kier molecular flexibility index (Phi) is 5.25. The van der Waals surface area contributed by atoms with E-state index in [1.807, 2.05) is 0 Å². The maximum Gasteiger partial charge on any atom is 0.432 e. The van der Waals surface area contributed by atoms with E-state index in [1.54, 1.807) is 19.1 Å². The first kappa shape index (κ1) is 17.7. The van der Waals surface area contributed by atoms with Crippen molar-refractivity contribution < 1.29 is 17.9 Å². The Morgan fingerprint density at radius 2 is 2.00 bits per heavy atom. The van der Waals surface area contributed by atoms with Gasteiger partial charge in [0.15, 0.2) is 0 Å². The van der Waals surface area contributed by atoms with Gasteiger partial charge in [-0.3, -0.25) is 0 Å². The van der Waals surface area contributed by atoms with Crippen LogP contribution < -0.4 is 0 Å². The topological polar surface area (TPSA) is 48.8 Å². The van der Waals surface area contributed by atoms with Gasteiger partial charge in [0, 0.05) is 17.2 Å². The second kappa shape index (κ2) is 6.83. The van der Waals surface area contributed by atoms with E-state index in [0.29, 0.717) is 22.8 Å². The number of nitrogens with zero attached hydrogens (tertiary/aromatic N) is 1. The molecule has 0 aliphatic heterocycles. The molecule has 0 unspecified atom stereocenters. The fraction of sp³-hybridized carbons (Fsp3) is 0.267. The minimum Gasteiger partial charge on any atom is -0.377 e. The van der Waals surface area contributed by atoms with Gasteiger partial charge in [0.05, 0.1) is 22.9 Å². The second-order valence-electron chi connectivity index (χ2n) is 4.61. The lowest BCUT2D eigenvalue weighted by molar-refractivity contribution is -0.140. The Balaban J connectivity index is 2.65. The molecule has 1 N–H and O–H groups in total. The number of alkyl halides is 3. The summed E-state index contributed by atoms with van der Waals surface area (Å²) >= 11 is 11.7. The van der Waals surface area contributed by atoms with Crippen LogP contribution in [0.2, 0.25) is 10.0 Å². The van der Waals surface area contributed by atoms with Crippen LogP contribution in [0, 0.1) is 11.3 Å². The van der Waals surface area contributed by atoms with E-state index in [-0.39, 0.29) is 17.9 Å². The van der Waals surface area contributed by atoms with Crippen LogP contribution >= 0.6 is 23.2 Å². The first-order valence-electron chi connectivity index (χ1n) is 6.54. The number of aromatic nitrogens is 1. The highest BCUT2D eigenvalue weighted by Crippen LogP contribution is 2.41. The van der Waals surface area contributed by atoms with Crippen LogP contribution in [-0.2, 0) is 17.5 Å². The Morgan fingerprint density at radius 3 is 2.57 bits per heavy atom. The maximum atomic E-state index is 13.0. The Morgan fingerprint density at radius 1 is 1.30 bits per heavy atom. The van der Waals surface area contributed by atoms with Gasteiger partial charge >= 0.3 is 6.18 Å². The van der Waals surface area contributed by atoms with Crippen LogP contribution in [0.1, 0.15) is 23.7 Å². The lowest BCUT2D eigenvalue weighted by Gasteiger charge is -2.10. The fourth-order valence-corrected chi connectivity index (χ4v) is 2.60. The van der Waals surface area contributed by atoms with Crippen LogP contribution in [0.5, 0.6) is 0 Å². The third-order valence-electron chi connectivity index (χ3n) is 3.13. The van der Waals surface area contributed by atoms with Crippen molar-refractivity contribution in [2.24, 2.45) is 0 Å². The number of rotatable bonds is 4. The van der Waals surface area contributed by atoms with Crippen molar-refractivity contribution in [1.29, 1.82) is 5.26 Å². The first-order chi connectivity index (χ1) is 10.8. The van der Waals surface area contributed by atoms with E-state index in [4.69, 9.17) is 27.9 Å². The molecule has 0 spiro atoms. The molecule has 0 aliphatic rings. The third-order valence-corrected chi connectivity index (χ3v) is 3.75. The monoisotopic (exact) mass is 362 g/mol. The highest BCUT2D eigenvalue weighted by atomic mass is 35.5. The molecule has 0 aliphatic carbocycles. The molecule has 0 saturated carbocycles. The predicted molar refractivity (Wildman–Crippen MR) is 81.3 cm³/mol. The molecule has 0 atom stereocenters. The molecule has 0 fully saturated rings. The van der Waals surface area contributed by atoms with Crippen molar-refractivity contribution in [2.45, 2.75) is 19.7 Å². The van der Waals surface area contributed by atoms with Crippen molar-refractivity contribution in [1.82, 2.24) is 4.98 Å². The smallest absolute Gasteiger partial charge is 0.377 e. The second-order valence-corrected chi connectivity index (χ2v) is 5.43. The summed E-state index contributed by atoms with van der Waals surface area (Å²) in [6, 6.07) is 6.35. The number of hydrogen-bond donors (Lipinski definition) is 1. The quantitative estimate of drug-likeness (QED) is 0.789. The molecule has 2 rings (SSSR count). The average Bonchev–Trinajstić information content (AvgIpc) is 2.81. The van der Waals surface area contributed by atoms with Gasteiger partial charge in [0.2, 0.25) is 0 Å². The van der Waals surface area contributed by atoms with Crippen LogP contribution in [-0.4, -0.2) is 11.6 Å². The number of H-pyrrole nitrogens is 1. The first-order valence-corrected chi connectivity index (χ1v) is 7.30. The molecule has 0 radical (unpaired) electrons. The standard InChI is InChI=1S/C15H11Cl2F3N2O/c1-2-23-7-8-5-9(16)3-4-10(8)13-11(6-21)12(17)14(22-13)15(18,19)20/h3-5,22H,2,7H2,1H3. The Labute approximate surface area is 140 Å². The zero-order valence-electron chi connectivity index (χ0n) is 11.9. The van der Waals surface area contributed by atoms with Gasteiger partial charge < -0.3 is 9.72 Å². The molecule has 1 heterocycles. The molecule has 3 nitrogen and oxygen atoms in total. The molecule has 122 valence electrons. The number of aromatic amines is 1. The van der Waals surface area contributed by atoms with Crippen molar-refractivity contribution in [3.8, 4) is 17.3 Å². The van der Waals surface area contributed by atoms with Crippen molar-refractivity contribution in [3.05, 3.63) is 45.1 Å². The number of benzene rings is 1. The van der Waals surface area contributed by atoms with Gasteiger partial charge in [-0.05, 0) is 24.6 Å². The van der Waals surface area contributed by atoms with Gasteiger partial charge in [-0.15, -0.1) is 0 Å².